The van der Waals surface area contributed by atoms with E-state index in [0.717, 1.165) is 49.4 Å². The van der Waals surface area contributed by atoms with Gasteiger partial charge < -0.3 is 4.52 Å². The summed E-state index contributed by atoms with van der Waals surface area (Å²) in [5.41, 5.74) is 2.10. The molecule has 5 heteroatoms. The van der Waals surface area contributed by atoms with E-state index >= 15 is 0 Å². The molecule has 1 aromatic heterocycles. The minimum Gasteiger partial charge on any atom is -0.359 e. The van der Waals surface area contributed by atoms with Crippen molar-refractivity contribution in [2.45, 2.75) is 38.8 Å². The molecule has 0 spiro atoms. The summed E-state index contributed by atoms with van der Waals surface area (Å²) in [4.78, 5) is 2.37. The van der Waals surface area contributed by atoms with Crippen molar-refractivity contribution in [3.8, 4) is 0 Å². The van der Waals surface area contributed by atoms with Crippen LogP contribution in [-0.2, 0) is 13.0 Å². The number of rotatable bonds is 4. The van der Waals surface area contributed by atoms with Gasteiger partial charge in [-0.1, -0.05) is 18.1 Å². The molecule has 0 bridgehead atoms. The summed E-state index contributed by atoms with van der Waals surface area (Å²) < 4.78 is 19.3. The fraction of sp³-hybridized carbons (Fsp3) is 0.438. The zero-order valence-electron chi connectivity index (χ0n) is 12.0. The van der Waals surface area contributed by atoms with E-state index in [0.29, 0.717) is 4.47 Å². The molecule has 0 radical (unpaired) electrons. The lowest BCUT2D eigenvalue weighted by molar-refractivity contribution is 0.206. The fourth-order valence-corrected chi connectivity index (χ4v) is 3.29. The van der Waals surface area contributed by atoms with E-state index in [4.69, 9.17) is 4.52 Å². The number of hydrogen-bond acceptors (Lipinski definition) is 3. The maximum Gasteiger partial charge on any atom is 0.154 e. The second-order valence-corrected chi connectivity index (χ2v) is 6.31. The van der Waals surface area contributed by atoms with E-state index in [1.54, 1.807) is 0 Å². The predicted molar refractivity (Wildman–Crippen MR) is 82.4 cm³/mol. The number of likely N-dealkylation sites (tertiary alicyclic amines) is 1. The Morgan fingerprint density at radius 2 is 2.29 bits per heavy atom. The number of halogens is 2. The smallest absolute Gasteiger partial charge is 0.154 e. The van der Waals surface area contributed by atoms with Crippen molar-refractivity contribution in [3.05, 3.63) is 51.6 Å². The lowest BCUT2D eigenvalue weighted by atomic mass is 10.1. The van der Waals surface area contributed by atoms with Crippen molar-refractivity contribution in [1.82, 2.24) is 10.1 Å². The number of aromatic nitrogens is 1. The lowest BCUT2D eigenvalue weighted by Gasteiger charge is -2.22. The Labute approximate surface area is 132 Å². The second-order valence-electron chi connectivity index (χ2n) is 5.45. The normalized spacial score (nSPS) is 19.3. The van der Waals surface area contributed by atoms with Gasteiger partial charge in [-0.25, -0.2) is 4.39 Å². The van der Waals surface area contributed by atoms with E-state index < -0.39 is 0 Å². The molecule has 112 valence electrons. The minimum atomic E-state index is -0.223. The van der Waals surface area contributed by atoms with Crippen LogP contribution < -0.4 is 0 Å². The van der Waals surface area contributed by atoms with Gasteiger partial charge >= 0.3 is 0 Å². The summed E-state index contributed by atoms with van der Waals surface area (Å²) >= 11 is 3.25. The molecular formula is C16H18BrFN2O. The maximum atomic E-state index is 13.3. The quantitative estimate of drug-likeness (QED) is 0.812. The van der Waals surface area contributed by atoms with Crippen LogP contribution in [0.25, 0.3) is 0 Å². The van der Waals surface area contributed by atoms with E-state index in [1.807, 2.05) is 12.1 Å². The molecule has 2 heterocycles. The number of benzene rings is 1. The first-order chi connectivity index (χ1) is 10.2. The average molecular weight is 353 g/mol. The Balaban J connectivity index is 1.76. The zero-order valence-corrected chi connectivity index (χ0v) is 13.6. The molecule has 1 fully saturated rings. The van der Waals surface area contributed by atoms with E-state index in [2.05, 4.69) is 39.0 Å². The Hall–Kier alpha value is -1.20. The van der Waals surface area contributed by atoms with Crippen molar-refractivity contribution >= 4 is 15.9 Å². The molecule has 1 aliphatic rings. The molecule has 1 aliphatic heterocycles. The second kappa shape index (κ2) is 6.28. The predicted octanol–water partition coefficient (Wildman–Crippen LogP) is 4.48. The maximum absolute atomic E-state index is 13.3. The van der Waals surface area contributed by atoms with Crippen LogP contribution in [-0.4, -0.2) is 16.6 Å². The van der Waals surface area contributed by atoms with Crippen LogP contribution >= 0.6 is 15.9 Å². The highest BCUT2D eigenvalue weighted by Crippen LogP contribution is 2.34. The summed E-state index contributed by atoms with van der Waals surface area (Å²) in [6.45, 7) is 3.90. The molecule has 21 heavy (non-hydrogen) atoms. The van der Waals surface area contributed by atoms with E-state index in [9.17, 15) is 4.39 Å². The van der Waals surface area contributed by atoms with Crippen molar-refractivity contribution in [2.24, 2.45) is 0 Å². The first-order valence-corrected chi connectivity index (χ1v) is 8.10. The molecule has 1 unspecified atom stereocenters. The molecule has 1 atom stereocenters. The SMILES string of the molecule is CCc1cc(C2CCCN2Cc2ccc(F)c(Br)c2)on1. The van der Waals surface area contributed by atoms with Gasteiger partial charge in [-0.2, -0.15) is 0 Å². The van der Waals surface area contributed by atoms with Gasteiger partial charge in [0.2, 0.25) is 0 Å². The lowest BCUT2D eigenvalue weighted by Crippen LogP contribution is -2.22. The van der Waals surface area contributed by atoms with Gasteiger partial charge in [0.15, 0.2) is 5.76 Å². The average Bonchev–Trinajstić information content (AvgIpc) is 3.11. The highest BCUT2D eigenvalue weighted by atomic mass is 79.9. The Kier molecular flexibility index (Phi) is 4.40. The summed E-state index contributed by atoms with van der Waals surface area (Å²) in [6.07, 6.45) is 3.12. The van der Waals surface area contributed by atoms with Crippen LogP contribution in [0.4, 0.5) is 4.39 Å². The summed E-state index contributed by atoms with van der Waals surface area (Å²) in [5.74, 6) is 0.727. The third-order valence-corrected chi connectivity index (χ3v) is 4.61. The van der Waals surface area contributed by atoms with E-state index in [-0.39, 0.29) is 11.9 Å². The van der Waals surface area contributed by atoms with Gasteiger partial charge in [0, 0.05) is 12.6 Å². The van der Waals surface area contributed by atoms with E-state index in [1.165, 1.54) is 6.07 Å². The van der Waals surface area contributed by atoms with Crippen LogP contribution in [0.5, 0.6) is 0 Å². The highest BCUT2D eigenvalue weighted by molar-refractivity contribution is 9.10. The molecule has 0 N–H and O–H groups in total. The monoisotopic (exact) mass is 352 g/mol. The zero-order chi connectivity index (χ0) is 14.8. The van der Waals surface area contributed by atoms with Crippen molar-refractivity contribution < 1.29 is 8.91 Å². The molecule has 2 aromatic rings. The third-order valence-electron chi connectivity index (χ3n) is 4.00. The first kappa shape index (κ1) is 14.7. The summed E-state index contributed by atoms with van der Waals surface area (Å²) in [5, 5.41) is 4.09. The molecule has 3 nitrogen and oxygen atoms in total. The Bertz CT molecular complexity index is 628. The van der Waals surface area contributed by atoms with Gasteiger partial charge in [-0.05, 0) is 59.4 Å². The van der Waals surface area contributed by atoms with Crippen LogP contribution in [0.2, 0.25) is 0 Å². The molecule has 0 saturated carbocycles. The van der Waals surface area contributed by atoms with Gasteiger partial charge in [0.05, 0.1) is 16.2 Å². The van der Waals surface area contributed by atoms with Gasteiger partial charge in [0.25, 0.3) is 0 Å². The molecule has 1 aromatic carbocycles. The number of hydrogen-bond donors (Lipinski definition) is 0. The highest BCUT2D eigenvalue weighted by Gasteiger charge is 2.29. The summed E-state index contributed by atoms with van der Waals surface area (Å²) in [6, 6.07) is 7.54. The van der Waals surface area contributed by atoms with Gasteiger partial charge in [-0.15, -0.1) is 0 Å². The van der Waals surface area contributed by atoms with Gasteiger partial charge in [0.1, 0.15) is 5.82 Å². The van der Waals surface area contributed by atoms with Crippen LogP contribution in [0.3, 0.4) is 0 Å². The Morgan fingerprint density at radius 3 is 3.00 bits per heavy atom. The number of nitrogens with zero attached hydrogens (tertiary/aromatic N) is 2. The minimum absolute atomic E-state index is 0.223. The van der Waals surface area contributed by atoms with Crippen LogP contribution in [0.1, 0.15) is 42.8 Å². The molecule has 0 aliphatic carbocycles. The molecule has 3 rings (SSSR count). The molecule has 0 amide bonds. The number of aryl methyl sites for hydroxylation is 1. The Morgan fingerprint density at radius 1 is 1.43 bits per heavy atom. The first-order valence-electron chi connectivity index (χ1n) is 7.31. The standard InChI is InChI=1S/C16H18BrFN2O/c1-2-12-9-16(21-19-12)15-4-3-7-20(15)10-11-5-6-14(18)13(17)8-11/h5-6,8-9,15H,2-4,7,10H2,1H3. The summed E-state index contributed by atoms with van der Waals surface area (Å²) in [7, 11) is 0. The van der Waals surface area contributed by atoms with Gasteiger partial charge in [-0.3, -0.25) is 4.90 Å². The van der Waals surface area contributed by atoms with Crippen LogP contribution in [0, 0.1) is 5.82 Å². The molecular weight excluding hydrogens is 335 g/mol. The van der Waals surface area contributed by atoms with Crippen molar-refractivity contribution in [3.63, 3.8) is 0 Å². The van der Waals surface area contributed by atoms with Crippen LogP contribution in [0.15, 0.2) is 33.3 Å². The third kappa shape index (κ3) is 3.19. The topological polar surface area (TPSA) is 29.3 Å². The van der Waals surface area contributed by atoms with Crippen molar-refractivity contribution in [2.75, 3.05) is 6.54 Å². The molecule has 1 saturated heterocycles. The fourth-order valence-electron chi connectivity index (χ4n) is 2.86. The van der Waals surface area contributed by atoms with Crippen molar-refractivity contribution in [1.29, 1.82) is 0 Å². The largest absolute Gasteiger partial charge is 0.359 e.